The van der Waals surface area contributed by atoms with Crippen LogP contribution in [0.4, 0.5) is 0 Å². The van der Waals surface area contributed by atoms with Crippen molar-refractivity contribution >= 4 is 17.8 Å². The number of rotatable bonds is 7. The van der Waals surface area contributed by atoms with E-state index in [4.69, 9.17) is 10.2 Å². The highest BCUT2D eigenvalue weighted by Crippen LogP contribution is 2.02. The van der Waals surface area contributed by atoms with Crippen LogP contribution in [-0.4, -0.2) is 46.7 Å². The van der Waals surface area contributed by atoms with Gasteiger partial charge in [-0.1, -0.05) is 13.8 Å². The molecule has 0 bridgehead atoms. The van der Waals surface area contributed by atoms with Crippen molar-refractivity contribution in [2.24, 2.45) is 5.92 Å². The molecule has 0 fully saturated rings. The Kier molecular flexibility index (Phi) is 6.96. The molecule has 0 aliphatic carbocycles. The van der Waals surface area contributed by atoms with Crippen molar-refractivity contribution in [3.63, 3.8) is 0 Å². The summed E-state index contributed by atoms with van der Waals surface area (Å²) in [6, 6.07) is -0.663. The predicted molar refractivity (Wildman–Crippen MR) is 63.7 cm³/mol. The summed E-state index contributed by atoms with van der Waals surface area (Å²) in [4.78, 5) is 33.0. The second-order valence-corrected chi connectivity index (χ2v) is 4.36. The molecule has 104 valence electrons. The number of carbonyl (C=O) groups excluding carboxylic acids is 2. The number of nitrogens with one attached hydrogen (secondary N) is 2. The zero-order chi connectivity index (χ0) is 14.3. The van der Waals surface area contributed by atoms with Crippen molar-refractivity contribution in [3.05, 3.63) is 0 Å². The van der Waals surface area contributed by atoms with E-state index >= 15 is 0 Å². The van der Waals surface area contributed by atoms with E-state index in [-0.39, 0.29) is 24.8 Å². The summed E-state index contributed by atoms with van der Waals surface area (Å²) >= 11 is 0. The number of carboxylic acids is 1. The number of aliphatic hydroxyl groups is 1. The van der Waals surface area contributed by atoms with Crippen LogP contribution in [0.3, 0.4) is 0 Å². The molecule has 4 N–H and O–H groups in total. The lowest BCUT2D eigenvalue weighted by molar-refractivity contribution is -0.147. The van der Waals surface area contributed by atoms with Crippen molar-refractivity contribution in [3.8, 4) is 0 Å². The normalized spacial score (nSPS) is 13.8. The molecule has 0 radical (unpaired) electrons. The molecule has 7 heteroatoms. The Morgan fingerprint density at radius 1 is 1.22 bits per heavy atom. The van der Waals surface area contributed by atoms with E-state index < -0.39 is 24.0 Å². The maximum absolute atomic E-state index is 11.7. The number of carboxylic acid groups (broad SMARTS) is 1. The third-order valence-electron chi connectivity index (χ3n) is 2.31. The number of hydrogen-bond donors (Lipinski definition) is 4. The number of aliphatic hydroxyl groups excluding tert-OH is 1. The van der Waals surface area contributed by atoms with E-state index in [2.05, 4.69) is 10.6 Å². The minimum Gasteiger partial charge on any atom is -0.479 e. The quantitative estimate of drug-likeness (QED) is 0.473. The summed E-state index contributed by atoms with van der Waals surface area (Å²) in [5.74, 6) is -2.11. The SMILES string of the molecule is CC(=O)NC(C(=O)NCCC(O)C(=O)O)C(C)C. The summed E-state index contributed by atoms with van der Waals surface area (Å²) in [6.45, 7) is 4.92. The summed E-state index contributed by atoms with van der Waals surface area (Å²) in [6.07, 6.45) is -1.57. The molecule has 2 unspecified atom stereocenters. The molecule has 0 aliphatic rings. The summed E-state index contributed by atoms with van der Waals surface area (Å²) in [5, 5.41) is 22.4. The Bertz CT molecular complexity index is 317. The third-order valence-corrected chi connectivity index (χ3v) is 2.31. The smallest absolute Gasteiger partial charge is 0.332 e. The van der Waals surface area contributed by atoms with Gasteiger partial charge in [0.25, 0.3) is 0 Å². The van der Waals surface area contributed by atoms with Gasteiger partial charge in [0.05, 0.1) is 0 Å². The highest BCUT2D eigenvalue weighted by atomic mass is 16.4. The van der Waals surface area contributed by atoms with Crippen LogP contribution < -0.4 is 10.6 Å². The minimum atomic E-state index is -1.50. The topological polar surface area (TPSA) is 116 Å². The van der Waals surface area contributed by atoms with Crippen molar-refractivity contribution in [2.75, 3.05) is 6.54 Å². The first kappa shape index (κ1) is 16.4. The molecule has 0 spiro atoms. The largest absolute Gasteiger partial charge is 0.479 e. The maximum atomic E-state index is 11.7. The average Bonchev–Trinajstić information content (AvgIpc) is 2.24. The fourth-order valence-corrected chi connectivity index (χ4v) is 1.32. The first-order valence-electron chi connectivity index (χ1n) is 5.71. The number of aliphatic carboxylic acids is 1. The fraction of sp³-hybridized carbons (Fsp3) is 0.727. The van der Waals surface area contributed by atoms with Gasteiger partial charge >= 0.3 is 5.97 Å². The van der Waals surface area contributed by atoms with Gasteiger partial charge in [-0.25, -0.2) is 4.79 Å². The molecule has 0 aromatic rings. The van der Waals surface area contributed by atoms with Gasteiger partial charge in [-0.3, -0.25) is 9.59 Å². The lowest BCUT2D eigenvalue weighted by Crippen LogP contribution is -2.49. The van der Waals surface area contributed by atoms with Gasteiger partial charge in [0.15, 0.2) is 6.10 Å². The van der Waals surface area contributed by atoms with Crippen molar-refractivity contribution in [1.29, 1.82) is 0 Å². The van der Waals surface area contributed by atoms with Crippen molar-refractivity contribution in [2.45, 2.75) is 39.3 Å². The number of amides is 2. The maximum Gasteiger partial charge on any atom is 0.332 e. The Labute approximate surface area is 106 Å². The molecule has 0 aliphatic heterocycles. The summed E-state index contributed by atoms with van der Waals surface area (Å²) in [5.41, 5.74) is 0. The van der Waals surface area contributed by atoms with Crippen LogP contribution in [0.5, 0.6) is 0 Å². The van der Waals surface area contributed by atoms with E-state index in [1.807, 2.05) is 0 Å². The zero-order valence-corrected chi connectivity index (χ0v) is 10.8. The second-order valence-electron chi connectivity index (χ2n) is 4.36. The summed E-state index contributed by atoms with van der Waals surface area (Å²) in [7, 11) is 0. The zero-order valence-electron chi connectivity index (χ0n) is 10.8. The van der Waals surface area contributed by atoms with Crippen molar-refractivity contribution in [1.82, 2.24) is 10.6 Å². The minimum absolute atomic E-state index is 0.0368. The molecule has 0 rings (SSSR count). The van der Waals surface area contributed by atoms with Gasteiger partial charge in [-0.15, -0.1) is 0 Å². The molecule has 18 heavy (non-hydrogen) atoms. The van der Waals surface area contributed by atoms with E-state index in [9.17, 15) is 14.4 Å². The first-order valence-corrected chi connectivity index (χ1v) is 5.71. The van der Waals surface area contributed by atoms with E-state index in [1.165, 1.54) is 6.92 Å². The molecule has 0 saturated heterocycles. The van der Waals surface area contributed by atoms with E-state index in [0.29, 0.717) is 0 Å². The Hall–Kier alpha value is -1.63. The van der Waals surface area contributed by atoms with Gasteiger partial charge in [-0.2, -0.15) is 0 Å². The number of hydrogen-bond acceptors (Lipinski definition) is 4. The Morgan fingerprint density at radius 2 is 1.78 bits per heavy atom. The molecular formula is C11H20N2O5. The van der Waals surface area contributed by atoms with Gasteiger partial charge in [0, 0.05) is 19.9 Å². The molecule has 7 nitrogen and oxygen atoms in total. The third kappa shape index (κ3) is 6.19. The first-order chi connectivity index (χ1) is 8.25. The lowest BCUT2D eigenvalue weighted by atomic mass is 10.0. The van der Waals surface area contributed by atoms with Crippen LogP contribution in [0.25, 0.3) is 0 Å². The highest BCUT2D eigenvalue weighted by molar-refractivity contribution is 5.87. The van der Waals surface area contributed by atoms with Crippen LogP contribution in [-0.2, 0) is 14.4 Å². The Morgan fingerprint density at radius 3 is 2.17 bits per heavy atom. The van der Waals surface area contributed by atoms with Crippen LogP contribution in [0, 0.1) is 5.92 Å². The molecule has 0 aromatic heterocycles. The lowest BCUT2D eigenvalue weighted by Gasteiger charge is -2.21. The second kappa shape index (κ2) is 7.65. The molecule has 2 amide bonds. The average molecular weight is 260 g/mol. The molecular weight excluding hydrogens is 240 g/mol. The molecule has 0 heterocycles. The van der Waals surface area contributed by atoms with Gasteiger partial charge in [-0.05, 0) is 5.92 Å². The standard InChI is InChI=1S/C11H20N2O5/c1-6(2)9(13-7(3)14)10(16)12-5-4-8(15)11(17)18/h6,8-9,15H,4-5H2,1-3H3,(H,12,16)(H,13,14)(H,17,18). The van der Waals surface area contributed by atoms with Crippen LogP contribution in [0.1, 0.15) is 27.2 Å². The predicted octanol–water partition coefficient (Wildman–Crippen LogP) is -0.901. The molecule has 0 aromatic carbocycles. The number of carbonyl (C=O) groups is 3. The van der Waals surface area contributed by atoms with Crippen LogP contribution in [0.2, 0.25) is 0 Å². The Balaban J connectivity index is 4.19. The van der Waals surface area contributed by atoms with E-state index in [1.54, 1.807) is 13.8 Å². The molecule has 2 atom stereocenters. The van der Waals surface area contributed by atoms with Crippen LogP contribution in [0.15, 0.2) is 0 Å². The molecule has 0 saturated carbocycles. The van der Waals surface area contributed by atoms with Gasteiger partial charge < -0.3 is 20.8 Å². The van der Waals surface area contributed by atoms with Gasteiger partial charge in [0.2, 0.25) is 11.8 Å². The monoisotopic (exact) mass is 260 g/mol. The highest BCUT2D eigenvalue weighted by Gasteiger charge is 2.23. The van der Waals surface area contributed by atoms with Crippen molar-refractivity contribution < 1.29 is 24.6 Å². The van der Waals surface area contributed by atoms with E-state index in [0.717, 1.165) is 0 Å². The fourth-order valence-electron chi connectivity index (χ4n) is 1.32. The summed E-state index contributed by atoms with van der Waals surface area (Å²) < 4.78 is 0. The van der Waals surface area contributed by atoms with Crippen LogP contribution >= 0.6 is 0 Å². The van der Waals surface area contributed by atoms with Gasteiger partial charge in [0.1, 0.15) is 6.04 Å².